The summed E-state index contributed by atoms with van der Waals surface area (Å²) in [6.45, 7) is 8.16. The van der Waals surface area contributed by atoms with E-state index in [1.165, 1.54) is 20.6 Å². The van der Waals surface area contributed by atoms with Crippen LogP contribution in [0.3, 0.4) is 0 Å². The first kappa shape index (κ1) is 25.5. The molecule has 2 N–H and O–H groups in total. The summed E-state index contributed by atoms with van der Waals surface area (Å²) in [5.74, 6) is 0.0391. The molecule has 3 unspecified atom stereocenters. The van der Waals surface area contributed by atoms with Crippen molar-refractivity contribution in [3.05, 3.63) is 0 Å². The van der Waals surface area contributed by atoms with Crippen LogP contribution in [-0.2, 0) is 23.9 Å². The molecule has 0 radical (unpaired) electrons. The van der Waals surface area contributed by atoms with Gasteiger partial charge in [-0.3, -0.25) is 24.2 Å². The number of hydrogen-bond donors (Lipinski definition) is 2. The van der Waals surface area contributed by atoms with Gasteiger partial charge in [0.25, 0.3) is 0 Å². The summed E-state index contributed by atoms with van der Waals surface area (Å²) in [5.41, 5.74) is 0. The van der Waals surface area contributed by atoms with E-state index >= 15 is 0 Å². The maximum Gasteiger partial charge on any atom is 0.323 e. The second kappa shape index (κ2) is 13.6. The number of esters is 2. The van der Waals surface area contributed by atoms with E-state index in [4.69, 9.17) is 4.74 Å². The molecule has 4 aliphatic heterocycles. The summed E-state index contributed by atoms with van der Waals surface area (Å²) in [6, 6.07) is 0.221. The molecule has 4 aliphatic rings. The van der Waals surface area contributed by atoms with E-state index in [2.05, 4.69) is 32.1 Å². The largest absolute Gasteiger partial charge is 0.468 e. The molecule has 178 valence electrons. The summed E-state index contributed by atoms with van der Waals surface area (Å²) in [5, 5.41) is 5.91. The molecule has 0 bridgehead atoms. The highest BCUT2D eigenvalue weighted by Crippen LogP contribution is 2.19. The van der Waals surface area contributed by atoms with Crippen molar-refractivity contribution in [1.82, 2.24) is 20.4 Å². The molecule has 4 rings (SSSR count). The zero-order valence-corrected chi connectivity index (χ0v) is 19.4. The number of piperazine rings is 1. The second-order valence-corrected chi connectivity index (χ2v) is 8.37. The first-order valence-electron chi connectivity index (χ1n) is 11.7. The molecule has 4 fully saturated rings. The molecule has 9 heteroatoms. The molecule has 31 heavy (non-hydrogen) atoms. The minimum atomic E-state index is -0.132. The molecule has 4 heterocycles. The average Bonchev–Trinajstić information content (AvgIpc) is 3.55. The monoisotopic (exact) mass is 440 g/mol. The third-order valence-corrected chi connectivity index (χ3v) is 6.26. The molecule has 0 spiro atoms. The lowest BCUT2D eigenvalue weighted by atomic mass is 10.2. The van der Waals surface area contributed by atoms with Gasteiger partial charge in [0.2, 0.25) is 5.91 Å². The van der Waals surface area contributed by atoms with Crippen molar-refractivity contribution in [1.29, 1.82) is 0 Å². The lowest BCUT2D eigenvalue weighted by Crippen LogP contribution is -2.51. The van der Waals surface area contributed by atoms with E-state index in [-0.39, 0.29) is 36.0 Å². The Bertz CT molecular complexity index is 582. The molecule has 3 atom stereocenters. The van der Waals surface area contributed by atoms with Gasteiger partial charge in [0, 0.05) is 13.1 Å². The lowest BCUT2D eigenvalue weighted by molar-refractivity contribution is -0.146. The molecular formula is C22H40N4O5. The van der Waals surface area contributed by atoms with E-state index < -0.39 is 0 Å². The number of amides is 1. The highest BCUT2D eigenvalue weighted by Gasteiger charge is 2.33. The molecule has 0 aromatic heterocycles. The predicted octanol–water partition coefficient (Wildman–Crippen LogP) is 0.526. The number of ether oxygens (including phenoxy) is 2. The molecule has 0 aliphatic carbocycles. The van der Waals surface area contributed by atoms with Crippen molar-refractivity contribution >= 4 is 17.8 Å². The lowest BCUT2D eigenvalue weighted by Gasteiger charge is -2.28. The van der Waals surface area contributed by atoms with E-state index in [1.807, 2.05) is 0 Å². The van der Waals surface area contributed by atoms with Crippen molar-refractivity contribution in [2.75, 3.05) is 53.5 Å². The fourth-order valence-corrected chi connectivity index (χ4v) is 4.64. The van der Waals surface area contributed by atoms with Gasteiger partial charge in [-0.15, -0.1) is 0 Å². The zero-order valence-electron chi connectivity index (χ0n) is 19.4. The van der Waals surface area contributed by atoms with Gasteiger partial charge in [0.15, 0.2) is 0 Å². The SMILES string of the molecule is CCCN1CCCC1C(=O)OC.COC(=O)C1CCCN1.O=C1NCCN2CCCC12. The minimum Gasteiger partial charge on any atom is -0.468 e. The van der Waals surface area contributed by atoms with Gasteiger partial charge in [0.05, 0.1) is 20.3 Å². The summed E-state index contributed by atoms with van der Waals surface area (Å²) in [6.07, 6.45) is 7.45. The highest BCUT2D eigenvalue weighted by molar-refractivity contribution is 5.82. The van der Waals surface area contributed by atoms with E-state index in [9.17, 15) is 14.4 Å². The quantitative estimate of drug-likeness (QED) is 0.611. The smallest absolute Gasteiger partial charge is 0.323 e. The molecular weight excluding hydrogens is 400 g/mol. The Hall–Kier alpha value is -1.71. The number of fused-ring (bicyclic) bond motifs is 1. The number of nitrogens with zero attached hydrogens (tertiary/aromatic N) is 2. The maximum absolute atomic E-state index is 11.2. The number of carbonyl (C=O) groups excluding carboxylic acids is 3. The average molecular weight is 441 g/mol. The molecule has 0 aromatic carbocycles. The van der Waals surface area contributed by atoms with Crippen molar-refractivity contribution in [3.63, 3.8) is 0 Å². The van der Waals surface area contributed by atoms with Crippen LogP contribution in [0.1, 0.15) is 51.9 Å². The van der Waals surface area contributed by atoms with Crippen molar-refractivity contribution < 1.29 is 23.9 Å². The van der Waals surface area contributed by atoms with E-state index in [0.717, 1.165) is 77.8 Å². The first-order valence-corrected chi connectivity index (χ1v) is 11.7. The number of hydrogen-bond acceptors (Lipinski definition) is 8. The zero-order chi connectivity index (χ0) is 22.6. The molecule has 0 saturated carbocycles. The van der Waals surface area contributed by atoms with Gasteiger partial charge in [-0.25, -0.2) is 0 Å². The summed E-state index contributed by atoms with van der Waals surface area (Å²) in [4.78, 5) is 37.6. The number of nitrogens with one attached hydrogen (secondary N) is 2. The van der Waals surface area contributed by atoms with Crippen molar-refractivity contribution in [2.24, 2.45) is 0 Å². The van der Waals surface area contributed by atoms with Gasteiger partial charge < -0.3 is 20.1 Å². The Labute approximate surface area is 186 Å². The summed E-state index contributed by atoms with van der Waals surface area (Å²) < 4.78 is 9.26. The third kappa shape index (κ3) is 7.73. The fourth-order valence-electron chi connectivity index (χ4n) is 4.64. The van der Waals surface area contributed by atoms with Crippen molar-refractivity contribution in [3.8, 4) is 0 Å². The maximum atomic E-state index is 11.2. The van der Waals surface area contributed by atoms with Gasteiger partial charge in [-0.05, 0) is 71.1 Å². The van der Waals surface area contributed by atoms with E-state index in [0.29, 0.717) is 0 Å². The summed E-state index contributed by atoms with van der Waals surface area (Å²) >= 11 is 0. The van der Waals surface area contributed by atoms with Crippen LogP contribution in [-0.4, -0.2) is 99.3 Å². The first-order chi connectivity index (χ1) is 15.0. The van der Waals surface area contributed by atoms with Crippen LogP contribution < -0.4 is 10.6 Å². The molecule has 9 nitrogen and oxygen atoms in total. The standard InChI is InChI=1S/C9H17NO2.C7H12N2O.C6H11NO2/c1-3-6-10-7-4-5-8(10)9(11)12-2;10-7-6-2-1-4-9(6)5-3-8-7;1-9-6(8)5-3-2-4-7-5/h8H,3-7H2,1-2H3;6H,1-5H2,(H,8,10);5,7H,2-4H2,1H3. The van der Waals surface area contributed by atoms with Crippen LogP contribution in [0.2, 0.25) is 0 Å². The molecule has 0 aromatic rings. The minimum absolute atomic E-state index is 0.0324. The van der Waals surface area contributed by atoms with Crippen LogP contribution in [0, 0.1) is 0 Å². The van der Waals surface area contributed by atoms with Crippen molar-refractivity contribution in [2.45, 2.75) is 70.0 Å². The van der Waals surface area contributed by atoms with Crippen LogP contribution in [0.4, 0.5) is 0 Å². The Morgan fingerprint density at radius 1 is 0.968 bits per heavy atom. The molecule has 1 amide bonds. The number of rotatable bonds is 4. The van der Waals surface area contributed by atoms with Gasteiger partial charge in [-0.1, -0.05) is 6.92 Å². The normalized spacial score (nSPS) is 27.8. The van der Waals surface area contributed by atoms with E-state index in [1.54, 1.807) is 0 Å². The Morgan fingerprint density at radius 3 is 2.32 bits per heavy atom. The Kier molecular flexibility index (Phi) is 11.2. The Morgan fingerprint density at radius 2 is 1.71 bits per heavy atom. The Balaban J connectivity index is 0.000000167. The van der Waals surface area contributed by atoms with Crippen LogP contribution in [0.15, 0.2) is 0 Å². The van der Waals surface area contributed by atoms with Gasteiger partial charge in [-0.2, -0.15) is 0 Å². The number of likely N-dealkylation sites (tertiary alicyclic amines) is 1. The van der Waals surface area contributed by atoms with Gasteiger partial charge in [0.1, 0.15) is 12.1 Å². The fraction of sp³-hybridized carbons (Fsp3) is 0.864. The predicted molar refractivity (Wildman–Crippen MR) is 118 cm³/mol. The third-order valence-electron chi connectivity index (χ3n) is 6.26. The summed E-state index contributed by atoms with van der Waals surface area (Å²) in [7, 11) is 2.88. The highest BCUT2D eigenvalue weighted by atomic mass is 16.5. The topological polar surface area (TPSA) is 100 Å². The van der Waals surface area contributed by atoms with Crippen LogP contribution >= 0.6 is 0 Å². The van der Waals surface area contributed by atoms with Crippen LogP contribution in [0.5, 0.6) is 0 Å². The van der Waals surface area contributed by atoms with Gasteiger partial charge >= 0.3 is 11.9 Å². The van der Waals surface area contributed by atoms with Crippen LogP contribution in [0.25, 0.3) is 0 Å². The number of carbonyl (C=O) groups is 3. The second-order valence-electron chi connectivity index (χ2n) is 8.37. The number of methoxy groups -OCH3 is 2. The molecule has 4 saturated heterocycles.